The molecule has 142 valence electrons. The first kappa shape index (κ1) is 18.0. The van der Waals surface area contributed by atoms with E-state index in [0.29, 0.717) is 22.2 Å². The van der Waals surface area contributed by atoms with E-state index in [9.17, 15) is 18.5 Å². The average molecular weight is 417 g/mol. The van der Waals surface area contributed by atoms with E-state index in [-0.39, 0.29) is 10.0 Å². The van der Waals surface area contributed by atoms with Crippen molar-refractivity contribution in [3.05, 3.63) is 64.8 Å². The Hall–Kier alpha value is -3.35. The number of imidazole rings is 1. The number of nitro groups is 1. The van der Waals surface area contributed by atoms with Gasteiger partial charge in [0.1, 0.15) is 11.5 Å². The summed E-state index contributed by atoms with van der Waals surface area (Å²) in [4.78, 5) is 14.8. The van der Waals surface area contributed by atoms with Gasteiger partial charge in [-0.3, -0.25) is 10.1 Å². The number of hydrogen-bond acceptors (Lipinski definition) is 8. The molecule has 0 fully saturated rings. The van der Waals surface area contributed by atoms with E-state index in [1.165, 1.54) is 28.8 Å². The molecular weight excluding hydrogens is 406 g/mol. The number of primary sulfonamides is 1. The fraction of sp³-hybridized carbons (Fsp3) is 0. The lowest BCUT2D eigenvalue weighted by atomic mass is 10.1. The van der Waals surface area contributed by atoms with E-state index >= 15 is 0 Å². The summed E-state index contributed by atoms with van der Waals surface area (Å²) in [7, 11) is -3.90. The first-order chi connectivity index (χ1) is 13.3. The predicted molar refractivity (Wildman–Crippen MR) is 101 cm³/mol. The van der Waals surface area contributed by atoms with Gasteiger partial charge in [0.25, 0.3) is 15.7 Å². The lowest BCUT2D eigenvalue weighted by Crippen LogP contribution is -2.12. The maximum Gasteiger partial charge on any atom is 0.269 e. The summed E-state index contributed by atoms with van der Waals surface area (Å²) in [5.74, 6) is 0.990. The second-order valence-electron chi connectivity index (χ2n) is 5.63. The minimum Gasteiger partial charge on any atom is -0.457 e. The molecule has 2 aromatic heterocycles. The molecule has 0 radical (unpaired) electrons. The van der Waals surface area contributed by atoms with Crippen molar-refractivity contribution in [2.24, 2.45) is 5.14 Å². The van der Waals surface area contributed by atoms with Crippen LogP contribution >= 0.6 is 11.3 Å². The third-order valence-corrected chi connectivity index (χ3v) is 5.98. The average Bonchev–Trinajstić information content (AvgIpc) is 3.23. The molecule has 0 atom stereocenters. The van der Waals surface area contributed by atoms with Crippen LogP contribution in [0.2, 0.25) is 0 Å². The molecule has 0 saturated carbocycles. The maximum atomic E-state index is 11.5. The topological polar surface area (TPSA) is 143 Å². The van der Waals surface area contributed by atoms with E-state index in [4.69, 9.17) is 9.88 Å². The number of benzene rings is 2. The Balaban J connectivity index is 1.59. The van der Waals surface area contributed by atoms with Crippen LogP contribution in [-0.2, 0) is 10.0 Å². The molecule has 2 heterocycles. The molecule has 0 saturated heterocycles. The second kappa shape index (κ2) is 6.67. The quantitative estimate of drug-likeness (QED) is 0.388. The molecule has 0 amide bonds. The number of nitrogens with zero attached hydrogens (tertiary/aromatic N) is 4. The number of non-ortho nitro benzene ring substituents is 1. The summed E-state index contributed by atoms with van der Waals surface area (Å²) in [6.45, 7) is 0. The Bertz CT molecular complexity index is 1280. The second-order valence-corrected chi connectivity index (χ2v) is 8.32. The van der Waals surface area contributed by atoms with Crippen LogP contribution in [0.25, 0.3) is 16.2 Å². The van der Waals surface area contributed by atoms with E-state index in [0.717, 1.165) is 16.9 Å². The molecule has 2 aromatic carbocycles. The van der Waals surface area contributed by atoms with Crippen molar-refractivity contribution in [3.8, 4) is 22.8 Å². The molecule has 4 rings (SSSR count). The lowest BCUT2D eigenvalue weighted by molar-refractivity contribution is -0.384. The zero-order valence-electron chi connectivity index (χ0n) is 13.9. The third kappa shape index (κ3) is 3.43. The van der Waals surface area contributed by atoms with E-state index in [1.54, 1.807) is 30.5 Å². The van der Waals surface area contributed by atoms with Gasteiger partial charge in [0.15, 0.2) is 0 Å². The SMILES string of the molecule is NS(=O)(=O)c1nn2c(-c3ccc(Oc4ccc([N+](=O)[O-])cc4)cc3)cnc2s1. The Kier molecular flexibility index (Phi) is 4.30. The van der Waals surface area contributed by atoms with Gasteiger partial charge in [-0.25, -0.2) is 23.1 Å². The van der Waals surface area contributed by atoms with Crippen LogP contribution in [0.3, 0.4) is 0 Å². The van der Waals surface area contributed by atoms with Crippen molar-refractivity contribution in [1.82, 2.24) is 14.6 Å². The van der Waals surface area contributed by atoms with Gasteiger partial charge in [0.2, 0.25) is 9.30 Å². The Labute approximate surface area is 162 Å². The van der Waals surface area contributed by atoms with Crippen LogP contribution in [-0.4, -0.2) is 27.9 Å². The van der Waals surface area contributed by atoms with Crippen LogP contribution in [0.4, 0.5) is 5.69 Å². The van der Waals surface area contributed by atoms with E-state index < -0.39 is 14.9 Å². The zero-order valence-corrected chi connectivity index (χ0v) is 15.6. The van der Waals surface area contributed by atoms with Gasteiger partial charge in [-0.15, -0.1) is 5.10 Å². The van der Waals surface area contributed by atoms with Gasteiger partial charge in [-0.05, 0) is 36.4 Å². The van der Waals surface area contributed by atoms with Crippen molar-refractivity contribution in [3.63, 3.8) is 0 Å². The molecule has 0 aliphatic carbocycles. The summed E-state index contributed by atoms with van der Waals surface area (Å²) in [6, 6.07) is 12.7. The highest BCUT2D eigenvalue weighted by molar-refractivity contribution is 7.91. The zero-order chi connectivity index (χ0) is 19.9. The Morgan fingerprint density at radius 2 is 1.68 bits per heavy atom. The Morgan fingerprint density at radius 1 is 1.07 bits per heavy atom. The number of rotatable bonds is 5. The lowest BCUT2D eigenvalue weighted by Gasteiger charge is -2.06. The molecule has 4 aromatic rings. The fourth-order valence-corrected chi connectivity index (χ4v) is 3.95. The van der Waals surface area contributed by atoms with Crippen LogP contribution in [0.5, 0.6) is 11.5 Å². The highest BCUT2D eigenvalue weighted by atomic mass is 32.2. The largest absolute Gasteiger partial charge is 0.457 e. The smallest absolute Gasteiger partial charge is 0.269 e. The highest BCUT2D eigenvalue weighted by Gasteiger charge is 2.18. The van der Waals surface area contributed by atoms with E-state index in [2.05, 4.69) is 10.1 Å². The summed E-state index contributed by atoms with van der Waals surface area (Å²) in [6.07, 6.45) is 1.58. The molecule has 10 nitrogen and oxygen atoms in total. The van der Waals surface area contributed by atoms with Crippen molar-refractivity contribution < 1.29 is 18.1 Å². The van der Waals surface area contributed by atoms with Crippen LogP contribution in [0.1, 0.15) is 0 Å². The molecule has 2 N–H and O–H groups in total. The molecule has 28 heavy (non-hydrogen) atoms. The monoisotopic (exact) mass is 417 g/mol. The summed E-state index contributed by atoms with van der Waals surface area (Å²) >= 11 is 0.883. The van der Waals surface area contributed by atoms with Crippen molar-refractivity contribution in [2.45, 2.75) is 4.34 Å². The molecule has 0 unspecified atom stereocenters. The first-order valence-electron chi connectivity index (χ1n) is 7.71. The molecule has 0 aliphatic heterocycles. The van der Waals surface area contributed by atoms with Crippen molar-refractivity contribution in [1.29, 1.82) is 0 Å². The van der Waals surface area contributed by atoms with Crippen molar-refractivity contribution >= 4 is 32.0 Å². The molecule has 0 spiro atoms. The van der Waals surface area contributed by atoms with Crippen LogP contribution in [0, 0.1) is 10.1 Å². The number of fused-ring (bicyclic) bond motifs is 1. The number of nitrogens with two attached hydrogens (primary N) is 1. The maximum absolute atomic E-state index is 11.5. The summed E-state index contributed by atoms with van der Waals surface area (Å²) < 4.78 is 29.8. The molecule has 0 bridgehead atoms. The van der Waals surface area contributed by atoms with Gasteiger partial charge in [-0.2, -0.15) is 0 Å². The van der Waals surface area contributed by atoms with Gasteiger partial charge >= 0.3 is 0 Å². The molecule has 0 aliphatic rings. The Morgan fingerprint density at radius 3 is 2.25 bits per heavy atom. The van der Waals surface area contributed by atoms with Gasteiger partial charge in [-0.1, -0.05) is 11.3 Å². The number of aromatic nitrogens is 3. The number of sulfonamides is 1. The van der Waals surface area contributed by atoms with Gasteiger partial charge in [0.05, 0.1) is 16.8 Å². The number of hydrogen-bond donors (Lipinski definition) is 1. The van der Waals surface area contributed by atoms with Crippen LogP contribution in [0.15, 0.2) is 59.1 Å². The standard InChI is InChI=1S/C16H11N5O5S2/c17-28(24,25)16-19-20-14(9-18-15(20)27-16)10-1-5-12(6-2-10)26-13-7-3-11(4-8-13)21(22)23/h1-9H,(H2,17,24,25). The van der Waals surface area contributed by atoms with Crippen molar-refractivity contribution in [2.75, 3.05) is 0 Å². The van der Waals surface area contributed by atoms with Gasteiger partial charge < -0.3 is 4.74 Å². The van der Waals surface area contributed by atoms with Gasteiger partial charge in [0, 0.05) is 17.7 Å². The summed E-state index contributed by atoms with van der Waals surface area (Å²) in [5.41, 5.74) is 1.33. The third-order valence-electron chi connectivity index (χ3n) is 3.74. The highest BCUT2D eigenvalue weighted by Crippen LogP contribution is 2.29. The normalized spacial score (nSPS) is 11.6. The first-order valence-corrected chi connectivity index (χ1v) is 10.1. The number of ether oxygens (including phenoxy) is 1. The predicted octanol–water partition coefficient (Wildman–Crippen LogP) is 2.81. The minimum absolute atomic E-state index is 0.0189. The molecular formula is C16H11N5O5S2. The molecule has 12 heteroatoms. The fourth-order valence-electron chi connectivity index (χ4n) is 2.45. The number of nitro benzene ring substituents is 1. The van der Waals surface area contributed by atoms with E-state index in [1.807, 2.05) is 0 Å². The van der Waals surface area contributed by atoms with Crippen LogP contribution < -0.4 is 9.88 Å². The minimum atomic E-state index is -3.90. The summed E-state index contributed by atoms with van der Waals surface area (Å²) in [5, 5.41) is 19.8.